The van der Waals surface area contributed by atoms with E-state index >= 15 is 0 Å². The summed E-state index contributed by atoms with van der Waals surface area (Å²) in [5.41, 5.74) is 6.62. The fourth-order valence-electron chi connectivity index (χ4n) is 3.58. The number of benzene rings is 2. The Morgan fingerprint density at radius 3 is 2.42 bits per heavy atom. The Hall–Kier alpha value is -2.30. The van der Waals surface area contributed by atoms with Crippen LogP contribution in [0.4, 0.5) is 11.4 Å². The summed E-state index contributed by atoms with van der Waals surface area (Å²) in [6.07, 6.45) is 0. The van der Waals surface area contributed by atoms with Gasteiger partial charge in [0.05, 0.1) is 23.9 Å². The second-order valence-electron chi connectivity index (χ2n) is 6.85. The van der Waals surface area contributed by atoms with E-state index in [9.17, 15) is 4.79 Å². The molecular weight excluding hydrogens is 348 g/mol. The predicted octanol–water partition coefficient (Wildman–Crippen LogP) is 4.59. The molecule has 2 heterocycles. The molecule has 0 spiro atoms. The van der Waals surface area contributed by atoms with Gasteiger partial charge in [-0.3, -0.25) is 4.79 Å². The summed E-state index contributed by atoms with van der Waals surface area (Å²) >= 11 is 6.51. The van der Waals surface area contributed by atoms with Gasteiger partial charge in [0.1, 0.15) is 0 Å². The summed E-state index contributed by atoms with van der Waals surface area (Å²) in [7, 11) is 0. The largest absolute Gasteiger partial charge is 0.378 e. The fraction of sp³-hybridized carbons (Fsp3) is 0.286. The van der Waals surface area contributed by atoms with Gasteiger partial charge in [-0.05, 0) is 43.7 Å². The van der Waals surface area contributed by atoms with Crippen LogP contribution < -0.4 is 10.2 Å². The summed E-state index contributed by atoms with van der Waals surface area (Å²) in [6, 6.07) is 12.3. The Morgan fingerprint density at radius 2 is 1.77 bits per heavy atom. The van der Waals surface area contributed by atoms with Gasteiger partial charge in [0.15, 0.2) is 0 Å². The van der Waals surface area contributed by atoms with Crippen LogP contribution in [0, 0.1) is 0 Å². The molecule has 134 valence electrons. The van der Waals surface area contributed by atoms with Crippen molar-refractivity contribution in [1.29, 1.82) is 0 Å². The van der Waals surface area contributed by atoms with E-state index in [1.807, 2.05) is 26.0 Å². The lowest BCUT2D eigenvalue weighted by Gasteiger charge is -2.29. The minimum absolute atomic E-state index is 0.0594. The van der Waals surface area contributed by atoms with E-state index in [-0.39, 0.29) is 5.91 Å². The summed E-state index contributed by atoms with van der Waals surface area (Å²) in [4.78, 5) is 14.5. The van der Waals surface area contributed by atoms with Crippen molar-refractivity contribution in [3.8, 4) is 11.1 Å². The highest BCUT2D eigenvalue weighted by atomic mass is 35.5. The molecule has 0 bridgehead atoms. The number of carbonyl (C=O) groups excluding carboxylic acids is 1. The third-order valence-electron chi connectivity index (χ3n) is 4.91. The van der Waals surface area contributed by atoms with Gasteiger partial charge in [-0.1, -0.05) is 29.3 Å². The lowest BCUT2D eigenvalue weighted by Crippen LogP contribution is -2.36. The molecule has 2 aromatic carbocycles. The highest BCUT2D eigenvalue weighted by Crippen LogP contribution is 2.41. The van der Waals surface area contributed by atoms with Crippen LogP contribution in [0.25, 0.3) is 16.7 Å². The zero-order valence-corrected chi connectivity index (χ0v) is 15.7. The van der Waals surface area contributed by atoms with E-state index in [0.717, 1.165) is 59.8 Å². The molecule has 4 rings (SSSR count). The van der Waals surface area contributed by atoms with Crippen molar-refractivity contribution in [3.63, 3.8) is 0 Å². The zero-order valence-electron chi connectivity index (χ0n) is 14.9. The van der Waals surface area contributed by atoms with Crippen molar-refractivity contribution in [3.05, 3.63) is 52.6 Å². The molecule has 4 nitrogen and oxygen atoms in total. The minimum atomic E-state index is -0.0594. The third-order valence-corrected chi connectivity index (χ3v) is 5.22. The first-order chi connectivity index (χ1) is 12.5. The average Bonchev–Trinajstić information content (AvgIpc) is 2.96. The van der Waals surface area contributed by atoms with E-state index in [2.05, 4.69) is 34.5 Å². The van der Waals surface area contributed by atoms with Crippen LogP contribution in [0.2, 0.25) is 5.02 Å². The van der Waals surface area contributed by atoms with Gasteiger partial charge < -0.3 is 15.0 Å². The molecule has 0 aliphatic carbocycles. The lowest BCUT2D eigenvalue weighted by molar-refractivity contribution is -0.110. The Balaban J connectivity index is 1.70. The Bertz CT molecular complexity index is 893. The van der Waals surface area contributed by atoms with Crippen molar-refractivity contribution in [1.82, 2.24) is 0 Å². The molecule has 0 saturated carbocycles. The maximum Gasteiger partial charge on any atom is 0.256 e. The molecule has 1 saturated heterocycles. The van der Waals surface area contributed by atoms with Gasteiger partial charge in [0.2, 0.25) is 0 Å². The Kier molecular flexibility index (Phi) is 4.47. The molecule has 5 heteroatoms. The number of halogens is 1. The molecule has 0 unspecified atom stereocenters. The molecule has 1 fully saturated rings. The van der Waals surface area contributed by atoms with Crippen molar-refractivity contribution in [2.75, 3.05) is 36.5 Å². The van der Waals surface area contributed by atoms with Gasteiger partial charge in [-0.2, -0.15) is 0 Å². The Labute approximate surface area is 158 Å². The molecule has 2 aliphatic heterocycles. The highest BCUT2D eigenvalue weighted by molar-refractivity contribution is 6.36. The third kappa shape index (κ3) is 3.00. The van der Waals surface area contributed by atoms with E-state index in [1.165, 1.54) is 5.69 Å². The molecule has 26 heavy (non-hydrogen) atoms. The van der Waals surface area contributed by atoms with Crippen LogP contribution in [0.5, 0.6) is 0 Å². The summed E-state index contributed by atoms with van der Waals surface area (Å²) in [5.74, 6) is -0.0594. The van der Waals surface area contributed by atoms with Crippen LogP contribution in [-0.2, 0) is 9.53 Å². The van der Waals surface area contributed by atoms with Crippen molar-refractivity contribution < 1.29 is 9.53 Å². The first kappa shape index (κ1) is 17.1. The van der Waals surface area contributed by atoms with Gasteiger partial charge in [0, 0.05) is 35.5 Å². The molecule has 0 atom stereocenters. The predicted molar refractivity (Wildman–Crippen MR) is 107 cm³/mol. The average molecular weight is 369 g/mol. The number of ether oxygens (including phenoxy) is 1. The number of fused-ring (bicyclic) bond motifs is 1. The molecule has 0 radical (unpaired) electrons. The van der Waals surface area contributed by atoms with Crippen molar-refractivity contribution in [2.24, 2.45) is 0 Å². The quantitative estimate of drug-likeness (QED) is 0.788. The smallest absolute Gasteiger partial charge is 0.256 e. The number of nitrogens with zero attached hydrogens (tertiary/aromatic N) is 1. The summed E-state index contributed by atoms with van der Waals surface area (Å²) in [6.45, 7) is 7.27. The number of nitrogens with one attached hydrogen (secondary N) is 1. The molecule has 2 aromatic rings. The number of carbonyl (C=O) groups is 1. The summed E-state index contributed by atoms with van der Waals surface area (Å²) < 4.78 is 5.41. The SMILES string of the molecule is CC(C)=C1C(=O)Nc2cc(Cl)c(-c3ccc(N4CCOCC4)cc3)cc21. The fourth-order valence-corrected chi connectivity index (χ4v) is 3.85. The molecule has 1 N–H and O–H groups in total. The maximum atomic E-state index is 12.2. The maximum absolute atomic E-state index is 12.2. The molecule has 2 aliphatic rings. The first-order valence-corrected chi connectivity index (χ1v) is 9.18. The van der Waals surface area contributed by atoms with Crippen molar-refractivity contribution >= 4 is 34.5 Å². The minimum Gasteiger partial charge on any atom is -0.378 e. The summed E-state index contributed by atoms with van der Waals surface area (Å²) in [5, 5.41) is 3.54. The second-order valence-corrected chi connectivity index (χ2v) is 7.26. The Morgan fingerprint density at radius 1 is 1.08 bits per heavy atom. The van der Waals surface area contributed by atoms with Gasteiger partial charge in [0.25, 0.3) is 5.91 Å². The number of hydrogen-bond donors (Lipinski definition) is 1. The van der Waals surface area contributed by atoms with E-state index in [0.29, 0.717) is 5.02 Å². The molecule has 0 aromatic heterocycles. The standard InChI is InChI=1S/C21H21ClN2O2/c1-13(2)20-17-11-16(18(22)12-19(17)23-21(20)25)14-3-5-15(6-4-14)24-7-9-26-10-8-24/h3-6,11-12H,7-10H2,1-2H3,(H,23,25). The van der Waals surface area contributed by atoms with Gasteiger partial charge in [-0.25, -0.2) is 0 Å². The number of hydrogen-bond acceptors (Lipinski definition) is 3. The van der Waals surface area contributed by atoms with E-state index in [1.54, 1.807) is 0 Å². The highest BCUT2D eigenvalue weighted by Gasteiger charge is 2.26. The zero-order chi connectivity index (χ0) is 18.3. The number of amides is 1. The van der Waals surface area contributed by atoms with Crippen LogP contribution >= 0.6 is 11.6 Å². The van der Waals surface area contributed by atoms with Crippen LogP contribution in [0.1, 0.15) is 19.4 Å². The lowest BCUT2D eigenvalue weighted by atomic mass is 9.97. The number of anilines is 2. The number of morpholine rings is 1. The van der Waals surface area contributed by atoms with Gasteiger partial charge >= 0.3 is 0 Å². The number of allylic oxidation sites excluding steroid dienone is 1. The van der Waals surface area contributed by atoms with Crippen LogP contribution in [0.3, 0.4) is 0 Å². The van der Waals surface area contributed by atoms with E-state index < -0.39 is 0 Å². The monoisotopic (exact) mass is 368 g/mol. The van der Waals surface area contributed by atoms with Crippen LogP contribution in [0.15, 0.2) is 42.0 Å². The second kappa shape index (κ2) is 6.78. The van der Waals surface area contributed by atoms with Crippen molar-refractivity contribution in [2.45, 2.75) is 13.8 Å². The van der Waals surface area contributed by atoms with Crippen LogP contribution in [-0.4, -0.2) is 32.2 Å². The number of rotatable bonds is 2. The molecule has 1 amide bonds. The normalized spacial score (nSPS) is 16.5. The molecular formula is C21H21ClN2O2. The first-order valence-electron chi connectivity index (χ1n) is 8.80. The topological polar surface area (TPSA) is 41.6 Å². The van der Waals surface area contributed by atoms with Gasteiger partial charge in [-0.15, -0.1) is 0 Å². The van der Waals surface area contributed by atoms with E-state index in [4.69, 9.17) is 16.3 Å².